The number of hydrogen-bond donors (Lipinski definition) is 1. The van der Waals surface area contributed by atoms with Gasteiger partial charge < -0.3 is 19.5 Å². The lowest BCUT2D eigenvalue weighted by molar-refractivity contribution is -0.132. The summed E-state index contributed by atoms with van der Waals surface area (Å²) in [5.74, 6) is 0.713. The van der Waals surface area contributed by atoms with Crippen LogP contribution >= 0.6 is 15.9 Å². The van der Waals surface area contributed by atoms with Crippen LogP contribution < -0.4 is 19.5 Å². The molecule has 0 atom stereocenters. The Morgan fingerprint density at radius 1 is 0.837 bits per heavy atom. The molecule has 4 aromatic carbocycles. The number of rotatable bonds is 8. The van der Waals surface area contributed by atoms with Crippen molar-refractivity contribution in [2.45, 2.75) is 20.8 Å². The SMILES string of the molecule is COc1cc(OC)cc(-c2nn(-c3ccc(C)cc3C)c(OC(C)=O)c2-c2ccc(NC(=O)c3cccc(Br)c3)cc2)c1. The van der Waals surface area contributed by atoms with Crippen molar-refractivity contribution < 1.29 is 23.8 Å². The fourth-order valence-corrected chi connectivity index (χ4v) is 5.20. The largest absolute Gasteiger partial charge is 0.497 e. The van der Waals surface area contributed by atoms with E-state index in [0.717, 1.165) is 26.9 Å². The van der Waals surface area contributed by atoms with E-state index in [2.05, 4.69) is 21.2 Å². The number of benzene rings is 4. The molecule has 218 valence electrons. The van der Waals surface area contributed by atoms with Gasteiger partial charge in [0.05, 0.1) is 25.5 Å². The standard InChI is InChI=1S/C34H30BrN3O5/c1-20-9-14-30(21(2)15-20)38-34(43-22(3)39)31(32(37-38)25-17-28(41-4)19-29(18-25)42-5)23-10-12-27(13-11-23)36-33(40)24-7-6-8-26(35)16-24/h6-19H,1-5H3,(H,36,40). The number of hydrogen-bond acceptors (Lipinski definition) is 6. The van der Waals surface area contributed by atoms with Crippen LogP contribution in [0.2, 0.25) is 0 Å². The number of ether oxygens (including phenoxy) is 3. The van der Waals surface area contributed by atoms with E-state index in [9.17, 15) is 9.59 Å². The molecule has 0 saturated carbocycles. The van der Waals surface area contributed by atoms with Crippen LogP contribution in [0.5, 0.6) is 17.4 Å². The Balaban J connectivity index is 1.68. The van der Waals surface area contributed by atoms with Crippen LogP contribution in [0.1, 0.15) is 28.4 Å². The highest BCUT2D eigenvalue weighted by Gasteiger charge is 2.26. The van der Waals surface area contributed by atoms with Crippen molar-refractivity contribution in [1.82, 2.24) is 9.78 Å². The Bertz CT molecular complexity index is 1810. The van der Waals surface area contributed by atoms with Crippen molar-refractivity contribution in [3.63, 3.8) is 0 Å². The summed E-state index contributed by atoms with van der Waals surface area (Å²) in [6.45, 7) is 5.36. The third-order valence-electron chi connectivity index (χ3n) is 6.81. The Kier molecular flexibility index (Phi) is 8.63. The van der Waals surface area contributed by atoms with Crippen LogP contribution in [-0.4, -0.2) is 35.9 Å². The number of carbonyl (C=O) groups is 2. The van der Waals surface area contributed by atoms with Gasteiger partial charge in [0.1, 0.15) is 17.2 Å². The summed E-state index contributed by atoms with van der Waals surface area (Å²) in [6.07, 6.45) is 0. The van der Waals surface area contributed by atoms with E-state index in [1.54, 1.807) is 55.3 Å². The van der Waals surface area contributed by atoms with Crippen LogP contribution in [0.25, 0.3) is 28.1 Å². The molecular weight excluding hydrogens is 610 g/mol. The van der Waals surface area contributed by atoms with Crippen LogP contribution in [-0.2, 0) is 4.79 Å². The number of esters is 1. The number of nitrogens with zero attached hydrogens (tertiary/aromatic N) is 2. The monoisotopic (exact) mass is 639 g/mol. The maximum absolute atomic E-state index is 12.8. The van der Waals surface area contributed by atoms with Crippen LogP contribution in [0.4, 0.5) is 5.69 Å². The molecule has 0 unspecified atom stereocenters. The Labute approximate surface area is 258 Å². The zero-order chi connectivity index (χ0) is 30.7. The number of aromatic nitrogens is 2. The normalized spacial score (nSPS) is 10.7. The van der Waals surface area contributed by atoms with Gasteiger partial charge in [0.2, 0.25) is 5.88 Å². The summed E-state index contributed by atoms with van der Waals surface area (Å²) >= 11 is 3.41. The van der Waals surface area contributed by atoms with Gasteiger partial charge in [0, 0.05) is 34.3 Å². The minimum Gasteiger partial charge on any atom is -0.497 e. The van der Waals surface area contributed by atoms with Crippen LogP contribution in [0.15, 0.2) is 89.4 Å². The van der Waals surface area contributed by atoms with Crippen LogP contribution in [0, 0.1) is 13.8 Å². The maximum atomic E-state index is 12.8. The quantitative estimate of drug-likeness (QED) is 0.174. The minimum absolute atomic E-state index is 0.235. The lowest BCUT2D eigenvalue weighted by Crippen LogP contribution is -2.11. The lowest BCUT2D eigenvalue weighted by atomic mass is 10.00. The molecule has 8 nitrogen and oxygen atoms in total. The Hall–Kier alpha value is -4.89. The molecule has 0 aliphatic carbocycles. The predicted molar refractivity (Wildman–Crippen MR) is 170 cm³/mol. The molecule has 1 N–H and O–H groups in total. The first kappa shape index (κ1) is 29.6. The van der Waals surface area contributed by atoms with E-state index in [1.807, 2.05) is 62.4 Å². The van der Waals surface area contributed by atoms with Gasteiger partial charge in [0.15, 0.2) is 0 Å². The molecule has 0 spiro atoms. The molecule has 0 bridgehead atoms. The van der Waals surface area contributed by atoms with Crippen molar-refractivity contribution in [2.24, 2.45) is 0 Å². The molecule has 0 radical (unpaired) electrons. The minimum atomic E-state index is -0.486. The van der Waals surface area contributed by atoms with Crippen molar-refractivity contribution in [3.05, 3.63) is 106 Å². The van der Waals surface area contributed by atoms with Gasteiger partial charge in [-0.15, -0.1) is 0 Å². The van der Waals surface area contributed by atoms with E-state index in [1.165, 1.54) is 6.92 Å². The van der Waals surface area contributed by atoms with Crippen molar-refractivity contribution in [1.29, 1.82) is 0 Å². The van der Waals surface area contributed by atoms with Crippen LogP contribution in [0.3, 0.4) is 0 Å². The fourth-order valence-electron chi connectivity index (χ4n) is 4.80. The molecule has 1 amide bonds. The van der Waals surface area contributed by atoms with E-state index in [4.69, 9.17) is 19.3 Å². The van der Waals surface area contributed by atoms with Crippen molar-refractivity contribution in [2.75, 3.05) is 19.5 Å². The number of methoxy groups -OCH3 is 2. The molecular formula is C34H30BrN3O5. The molecule has 5 rings (SSSR count). The smallest absolute Gasteiger partial charge is 0.309 e. The number of nitrogens with one attached hydrogen (secondary N) is 1. The summed E-state index contributed by atoms with van der Waals surface area (Å²) < 4.78 is 19.4. The highest BCUT2D eigenvalue weighted by atomic mass is 79.9. The lowest BCUT2D eigenvalue weighted by Gasteiger charge is -2.12. The molecule has 0 saturated heterocycles. The second kappa shape index (κ2) is 12.5. The topological polar surface area (TPSA) is 91.7 Å². The fraction of sp³-hybridized carbons (Fsp3) is 0.147. The Morgan fingerprint density at radius 3 is 2.14 bits per heavy atom. The van der Waals surface area contributed by atoms with E-state index in [0.29, 0.717) is 39.6 Å². The first-order valence-corrected chi connectivity index (χ1v) is 14.3. The predicted octanol–water partition coefficient (Wildman–Crippen LogP) is 7.78. The van der Waals surface area contributed by atoms with E-state index < -0.39 is 5.97 Å². The summed E-state index contributed by atoms with van der Waals surface area (Å²) in [5, 5.41) is 7.93. The van der Waals surface area contributed by atoms with Crippen molar-refractivity contribution >= 4 is 33.5 Å². The zero-order valence-corrected chi connectivity index (χ0v) is 26.0. The summed E-state index contributed by atoms with van der Waals surface area (Å²) in [6, 6.07) is 25.9. The van der Waals surface area contributed by atoms with Gasteiger partial charge in [-0.05, 0) is 73.5 Å². The first-order valence-electron chi connectivity index (χ1n) is 13.5. The maximum Gasteiger partial charge on any atom is 0.309 e. The molecule has 43 heavy (non-hydrogen) atoms. The van der Waals surface area contributed by atoms with Gasteiger partial charge in [-0.1, -0.05) is 51.8 Å². The van der Waals surface area contributed by atoms with Crippen molar-refractivity contribution in [3.8, 4) is 45.5 Å². The molecule has 0 fully saturated rings. The number of halogens is 1. The molecule has 0 aliphatic rings. The van der Waals surface area contributed by atoms with E-state index >= 15 is 0 Å². The molecule has 5 aromatic rings. The molecule has 1 aromatic heterocycles. The molecule has 9 heteroatoms. The number of amides is 1. The molecule has 1 heterocycles. The van der Waals surface area contributed by atoms with Gasteiger partial charge in [-0.2, -0.15) is 9.78 Å². The van der Waals surface area contributed by atoms with E-state index in [-0.39, 0.29) is 11.8 Å². The molecule has 0 aliphatic heterocycles. The van der Waals surface area contributed by atoms with Gasteiger partial charge in [0.25, 0.3) is 5.91 Å². The summed E-state index contributed by atoms with van der Waals surface area (Å²) in [4.78, 5) is 25.3. The average Bonchev–Trinajstić information content (AvgIpc) is 3.35. The van der Waals surface area contributed by atoms with Gasteiger partial charge >= 0.3 is 5.97 Å². The van der Waals surface area contributed by atoms with Gasteiger partial charge in [-0.3, -0.25) is 9.59 Å². The second-order valence-corrected chi connectivity index (χ2v) is 10.9. The number of carbonyl (C=O) groups excluding carboxylic acids is 2. The highest BCUT2D eigenvalue weighted by molar-refractivity contribution is 9.10. The first-order chi connectivity index (χ1) is 20.7. The number of aryl methyl sites for hydroxylation is 2. The zero-order valence-electron chi connectivity index (χ0n) is 24.4. The second-order valence-electron chi connectivity index (χ2n) is 9.97. The Morgan fingerprint density at radius 2 is 1.53 bits per heavy atom. The third-order valence-corrected chi connectivity index (χ3v) is 7.30. The average molecular weight is 641 g/mol. The highest BCUT2D eigenvalue weighted by Crippen LogP contribution is 2.43. The summed E-state index contributed by atoms with van der Waals surface area (Å²) in [5.41, 5.74) is 6.54. The van der Waals surface area contributed by atoms with Gasteiger partial charge in [-0.25, -0.2) is 0 Å². The number of anilines is 1. The summed E-state index contributed by atoms with van der Waals surface area (Å²) in [7, 11) is 3.17. The third kappa shape index (κ3) is 6.47.